The summed E-state index contributed by atoms with van der Waals surface area (Å²) in [4.78, 5) is 15.3. The average molecular weight is 571 g/mol. The van der Waals surface area contributed by atoms with Crippen LogP contribution in [-0.4, -0.2) is 72.1 Å². The summed E-state index contributed by atoms with van der Waals surface area (Å²) in [5.74, 6) is 2.71. The van der Waals surface area contributed by atoms with E-state index in [4.69, 9.17) is 14.5 Å². The maximum atomic E-state index is 5.54. The molecule has 1 N–H and O–H groups in total. The first-order chi connectivity index (χ1) is 15.2. The number of fused-ring (bicyclic) bond motifs is 1. The Morgan fingerprint density at radius 1 is 1.19 bits per heavy atom. The van der Waals surface area contributed by atoms with Crippen LogP contribution in [0.1, 0.15) is 18.2 Å². The quantitative estimate of drug-likeness (QED) is 0.267. The highest BCUT2D eigenvalue weighted by Gasteiger charge is 2.21. The first-order valence-electron chi connectivity index (χ1n) is 10.6. The van der Waals surface area contributed by atoms with E-state index in [1.807, 2.05) is 28.1 Å². The Bertz CT molecular complexity index is 1000. The lowest BCUT2D eigenvalue weighted by molar-refractivity contribution is 0.171. The van der Waals surface area contributed by atoms with Crippen molar-refractivity contribution in [2.24, 2.45) is 4.99 Å². The molecule has 1 fully saturated rings. The number of hydrogen-bond donors (Lipinski definition) is 1. The molecule has 10 heteroatoms. The molecule has 1 aromatic carbocycles. The molecule has 1 saturated heterocycles. The molecule has 1 aliphatic heterocycles. The van der Waals surface area contributed by atoms with E-state index in [9.17, 15) is 0 Å². The van der Waals surface area contributed by atoms with Crippen molar-refractivity contribution in [2.75, 3.05) is 46.9 Å². The predicted octanol–water partition coefficient (Wildman–Crippen LogP) is 3.31. The smallest absolute Gasteiger partial charge is 0.194 e. The third-order valence-electron chi connectivity index (χ3n) is 5.42. The van der Waals surface area contributed by atoms with Gasteiger partial charge in [0.05, 0.1) is 26.5 Å². The third kappa shape index (κ3) is 5.84. The number of nitrogens with one attached hydrogen (secondary N) is 1. The number of ether oxygens (including phenoxy) is 2. The minimum absolute atomic E-state index is 0. The molecule has 0 bridgehead atoms. The molecular formula is C22H31IN6O2S. The van der Waals surface area contributed by atoms with Gasteiger partial charge in [-0.05, 0) is 25.1 Å². The summed E-state index contributed by atoms with van der Waals surface area (Å²) in [6, 6.07) is 5.97. The fourth-order valence-electron chi connectivity index (χ4n) is 3.80. The highest BCUT2D eigenvalue weighted by atomic mass is 127. The van der Waals surface area contributed by atoms with Crippen molar-refractivity contribution in [2.45, 2.75) is 20.0 Å². The Hall–Kier alpha value is -2.05. The maximum Gasteiger partial charge on any atom is 0.194 e. The number of benzene rings is 1. The molecule has 0 atom stereocenters. The zero-order valence-electron chi connectivity index (χ0n) is 18.8. The van der Waals surface area contributed by atoms with Crippen LogP contribution in [0.25, 0.3) is 4.96 Å². The SMILES string of the molecule is CCNC(=NCc1cn2ccsc2n1)N1CCN(Cc2cc(OC)ccc2OC)CC1.I. The molecule has 0 radical (unpaired) electrons. The second-order valence-corrected chi connectivity index (χ2v) is 8.31. The number of aromatic nitrogens is 2. The molecule has 32 heavy (non-hydrogen) atoms. The Morgan fingerprint density at radius 2 is 2.00 bits per heavy atom. The summed E-state index contributed by atoms with van der Waals surface area (Å²) in [7, 11) is 3.41. The number of hydrogen-bond acceptors (Lipinski definition) is 6. The van der Waals surface area contributed by atoms with Crippen LogP contribution in [0.3, 0.4) is 0 Å². The molecular weight excluding hydrogens is 539 g/mol. The fraction of sp³-hybridized carbons (Fsp3) is 0.455. The summed E-state index contributed by atoms with van der Waals surface area (Å²) >= 11 is 1.64. The molecule has 0 aliphatic carbocycles. The number of aliphatic imine (C=N–C) groups is 1. The van der Waals surface area contributed by atoms with Crippen molar-refractivity contribution in [1.29, 1.82) is 0 Å². The van der Waals surface area contributed by atoms with Crippen molar-refractivity contribution >= 4 is 46.2 Å². The lowest BCUT2D eigenvalue weighted by Crippen LogP contribution is -2.52. The van der Waals surface area contributed by atoms with Crippen molar-refractivity contribution in [1.82, 2.24) is 24.5 Å². The Balaban J connectivity index is 0.00000289. The largest absolute Gasteiger partial charge is 0.497 e. The second-order valence-electron chi connectivity index (χ2n) is 7.44. The number of halogens is 1. The van der Waals surface area contributed by atoms with Gasteiger partial charge in [0.1, 0.15) is 11.5 Å². The van der Waals surface area contributed by atoms with E-state index < -0.39 is 0 Å². The number of guanidine groups is 1. The van der Waals surface area contributed by atoms with Crippen molar-refractivity contribution in [3.05, 3.63) is 47.2 Å². The van der Waals surface area contributed by atoms with E-state index in [0.29, 0.717) is 6.54 Å². The molecule has 1 aliphatic rings. The van der Waals surface area contributed by atoms with E-state index >= 15 is 0 Å². The van der Waals surface area contributed by atoms with E-state index in [1.54, 1.807) is 25.6 Å². The van der Waals surface area contributed by atoms with Crippen molar-refractivity contribution in [3.63, 3.8) is 0 Å². The van der Waals surface area contributed by atoms with Gasteiger partial charge in [0.2, 0.25) is 0 Å². The Morgan fingerprint density at radius 3 is 2.69 bits per heavy atom. The molecule has 0 spiro atoms. The lowest BCUT2D eigenvalue weighted by Gasteiger charge is -2.36. The summed E-state index contributed by atoms with van der Waals surface area (Å²) in [6.07, 6.45) is 4.08. The molecule has 0 saturated carbocycles. The van der Waals surface area contributed by atoms with E-state index in [2.05, 4.69) is 39.3 Å². The summed E-state index contributed by atoms with van der Waals surface area (Å²) in [6.45, 7) is 8.15. The van der Waals surface area contributed by atoms with Crippen LogP contribution in [0.15, 0.2) is 41.0 Å². The maximum absolute atomic E-state index is 5.54. The number of rotatable bonds is 7. The molecule has 2 aromatic heterocycles. The van der Waals surface area contributed by atoms with Gasteiger partial charge in [-0.3, -0.25) is 9.30 Å². The predicted molar refractivity (Wildman–Crippen MR) is 140 cm³/mol. The van der Waals surface area contributed by atoms with E-state index in [1.165, 1.54) is 0 Å². The van der Waals surface area contributed by atoms with Crippen LogP contribution in [0, 0.1) is 0 Å². The monoisotopic (exact) mass is 570 g/mol. The molecule has 3 heterocycles. The topological polar surface area (TPSA) is 66.6 Å². The van der Waals surface area contributed by atoms with Gasteiger partial charge in [-0.25, -0.2) is 9.98 Å². The molecule has 174 valence electrons. The number of methoxy groups -OCH3 is 2. The third-order valence-corrected chi connectivity index (χ3v) is 6.19. The molecule has 4 rings (SSSR count). The summed E-state index contributed by atoms with van der Waals surface area (Å²) in [5.41, 5.74) is 2.14. The number of imidazole rings is 1. The molecule has 0 unspecified atom stereocenters. The molecule has 3 aromatic rings. The normalized spacial score (nSPS) is 15.0. The van der Waals surface area contributed by atoms with E-state index in [0.717, 1.165) is 72.9 Å². The van der Waals surface area contributed by atoms with Crippen LogP contribution in [0.5, 0.6) is 11.5 Å². The van der Waals surface area contributed by atoms with Gasteiger partial charge in [-0.2, -0.15) is 0 Å². The number of nitrogens with zero attached hydrogens (tertiary/aromatic N) is 5. The zero-order valence-corrected chi connectivity index (χ0v) is 21.9. The average Bonchev–Trinajstić information content (AvgIpc) is 3.39. The van der Waals surface area contributed by atoms with Gasteiger partial charge >= 0.3 is 0 Å². The van der Waals surface area contributed by atoms with Gasteiger partial charge in [-0.15, -0.1) is 35.3 Å². The fourth-order valence-corrected chi connectivity index (χ4v) is 4.52. The number of piperazine rings is 1. The zero-order chi connectivity index (χ0) is 21.6. The van der Waals surface area contributed by atoms with Gasteiger partial charge in [0, 0.05) is 62.6 Å². The molecule has 0 amide bonds. The first kappa shape index (κ1) is 24.6. The minimum atomic E-state index is 0. The highest BCUT2D eigenvalue weighted by molar-refractivity contribution is 14.0. The van der Waals surface area contributed by atoms with Crippen LogP contribution in [-0.2, 0) is 13.1 Å². The summed E-state index contributed by atoms with van der Waals surface area (Å²) in [5, 5.41) is 5.48. The van der Waals surface area contributed by atoms with Crippen LogP contribution in [0.2, 0.25) is 0 Å². The van der Waals surface area contributed by atoms with Crippen molar-refractivity contribution in [3.8, 4) is 11.5 Å². The van der Waals surface area contributed by atoms with Gasteiger partial charge in [-0.1, -0.05) is 0 Å². The lowest BCUT2D eigenvalue weighted by atomic mass is 10.1. The van der Waals surface area contributed by atoms with Crippen LogP contribution < -0.4 is 14.8 Å². The standard InChI is InChI=1S/C22H30N6O2S.HI/c1-4-23-21(24-14-18-16-28-11-12-31-22(28)25-18)27-9-7-26(8-10-27)15-17-13-19(29-2)5-6-20(17)30-3;/h5-6,11-13,16H,4,7-10,14-15H2,1-3H3,(H,23,24);1H. The minimum Gasteiger partial charge on any atom is -0.497 e. The number of thiazole rings is 1. The van der Waals surface area contributed by atoms with Gasteiger partial charge in [0.25, 0.3) is 0 Å². The van der Waals surface area contributed by atoms with Crippen molar-refractivity contribution < 1.29 is 9.47 Å². The van der Waals surface area contributed by atoms with E-state index in [-0.39, 0.29) is 24.0 Å². The van der Waals surface area contributed by atoms with Crippen LogP contribution >= 0.6 is 35.3 Å². The van der Waals surface area contributed by atoms with Gasteiger partial charge in [0.15, 0.2) is 10.9 Å². The highest BCUT2D eigenvalue weighted by Crippen LogP contribution is 2.25. The Kier molecular flexibility index (Phi) is 9.00. The Labute approximate surface area is 210 Å². The molecule has 8 nitrogen and oxygen atoms in total. The van der Waals surface area contributed by atoms with Crippen LogP contribution in [0.4, 0.5) is 0 Å². The van der Waals surface area contributed by atoms with Gasteiger partial charge < -0.3 is 19.7 Å². The second kappa shape index (κ2) is 11.7. The first-order valence-corrected chi connectivity index (χ1v) is 11.5. The summed E-state index contributed by atoms with van der Waals surface area (Å²) < 4.78 is 13.0.